The SMILES string of the molecule is COC(=O)c1ccc2ccc(-c3ccc(F)cc3)[n+]([O-])c2c1. The van der Waals surface area contributed by atoms with Crippen LogP contribution in [0.3, 0.4) is 0 Å². The molecule has 1 heterocycles. The Bertz CT molecular complexity index is 860. The van der Waals surface area contributed by atoms with Crippen molar-refractivity contribution in [2.24, 2.45) is 0 Å². The number of carbonyl (C=O) groups is 1. The van der Waals surface area contributed by atoms with Crippen LogP contribution in [0.2, 0.25) is 0 Å². The molecule has 0 amide bonds. The van der Waals surface area contributed by atoms with Gasteiger partial charge in [-0.2, -0.15) is 4.73 Å². The van der Waals surface area contributed by atoms with E-state index in [4.69, 9.17) is 0 Å². The van der Waals surface area contributed by atoms with E-state index in [1.54, 1.807) is 24.3 Å². The zero-order valence-corrected chi connectivity index (χ0v) is 11.7. The predicted octanol–water partition coefficient (Wildman–Crippen LogP) is 3.07. The summed E-state index contributed by atoms with van der Waals surface area (Å²) < 4.78 is 18.4. The van der Waals surface area contributed by atoms with Crippen LogP contribution in [0.25, 0.3) is 22.2 Å². The van der Waals surface area contributed by atoms with Crippen molar-refractivity contribution in [1.82, 2.24) is 0 Å². The van der Waals surface area contributed by atoms with Crippen LogP contribution >= 0.6 is 0 Å². The molecule has 5 heteroatoms. The lowest BCUT2D eigenvalue weighted by Crippen LogP contribution is -2.30. The summed E-state index contributed by atoms with van der Waals surface area (Å²) in [4.78, 5) is 11.6. The first-order valence-corrected chi connectivity index (χ1v) is 6.61. The van der Waals surface area contributed by atoms with Gasteiger partial charge in [0.2, 0.25) is 11.2 Å². The summed E-state index contributed by atoms with van der Waals surface area (Å²) >= 11 is 0. The maximum absolute atomic E-state index is 13.0. The van der Waals surface area contributed by atoms with Crippen molar-refractivity contribution in [2.45, 2.75) is 0 Å². The van der Waals surface area contributed by atoms with E-state index >= 15 is 0 Å². The lowest BCUT2D eigenvalue weighted by Gasteiger charge is -2.08. The van der Waals surface area contributed by atoms with Gasteiger partial charge in [-0.3, -0.25) is 0 Å². The molecule has 0 N–H and O–H groups in total. The van der Waals surface area contributed by atoms with Crippen molar-refractivity contribution >= 4 is 16.9 Å². The van der Waals surface area contributed by atoms with Crippen molar-refractivity contribution < 1.29 is 18.7 Å². The molecule has 0 unspecified atom stereocenters. The van der Waals surface area contributed by atoms with Crippen molar-refractivity contribution in [3.05, 3.63) is 71.2 Å². The average molecular weight is 297 g/mol. The fraction of sp³-hybridized carbons (Fsp3) is 0.0588. The number of methoxy groups -OCH3 is 1. The zero-order valence-electron chi connectivity index (χ0n) is 11.7. The van der Waals surface area contributed by atoms with Gasteiger partial charge in [0.1, 0.15) is 5.82 Å². The van der Waals surface area contributed by atoms with Crippen molar-refractivity contribution in [1.29, 1.82) is 0 Å². The third-order valence-electron chi connectivity index (χ3n) is 3.45. The Morgan fingerprint density at radius 2 is 1.77 bits per heavy atom. The van der Waals surface area contributed by atoms with Gasteiger partial charge in [-0.1, -0.05) is 0 Å². The van der Waals surface area contributed by atoms with E-state index in [2.05, 4.69) is 4.74 Å². The molecule has 0 fully saturated rings. The minimum atomic E-state index is -0.505. The van der Waals surface area contributed by atoms with Gasteiger partial charge in [-0.15, -0.1) is 0 Å². The van der Waals surface area contributed by atoms with E-state index in [-0.39, 0.29) is 5.82 Å². The molecule has 1 aromatic heterocycles. The standard InChI is InChI=1S/C17H12FNO3/c1-22-17(20)13-3-2-12-6-9-15(19(21)16(12)10-13)11-4-7-14(18)8-5-11/h2-10H,1H3. The molecule has 0 spiro atoms. The topological polar surface area (TPSA) is 53.2 Å². The van der Waals surface area contributed by atoms with Gasteiger partial charge in [0, 0.05) is 23.1 Å². The highest BCUT2D eigenvalue weighted by Crippen LogP contribution is 2.20. The first kappa shape index (κ1) is 14.0. The third kappa shape index (κ3) is 2.37. The summed E-state index contributed by atoms with van der Waals surface area (Å²) in [6.45, 7) is 0. The number of hydrogen-bond donors (Lipinski definition) is 0. The van der Waals surface area contributed by atoms with Gasteiger partial charge in [0.25, 0.3) is 0 Å². The molecule has 3 rings (SSSR count). The molecule has 0 aliphatic rings. The lowest BCUT2D eigenvalue weighted by molar-refractivity contribution is -0.565. The average Bonchev–Trinajstić information content (AvgIpc) is 2.55. The van der Waals surface area contributed by atoms with Gasteiger partial charge in [0.05, 0.1) is 12.7 Å². The number of carbonyl (C=O) groups excluding carboxylic acids is 1. The third-order valence-corrected chi connectivity index (χ3v) is 3.45. The zero-order chi connectivity index (χ0) is 15.7. The molecular formula is C17H12FNO3. The number of pyridine rings is 1. The minimum Gasteiger partial charge on any atom is -0.618 e. The Hall–Kier alpha value is -2.95. The van der Waals surface area contributed by atoms with Gasteiger partial charge < -0.3 is 9.94 Å². The highest BCUT2D eigenvalue weighted by Gasteiger charge is 2.15. The van der Waals surface area contributed by atoms with Crippen LogP contribution in [0, 0.1) is 11.0 Å². The van der Waals surface area contributed by atoms with Gasteiger partial charge in [0.15, 0.2) is 0 Å². The lowest BCUT2D eigenvalue weighted by atomic mass is 10.1. The largest absolute Gasteiger partial charge is 0.618 e. The second-order valence-electron chi connectivity index (χ2n) is 4.79. The van der Waals surface area contributed by atoms with Crippen LogP contribution in [0.15, 0.2) is 54.6 Å². The molecule has 4 nitrogen and oxygen atoms in total. The van der Waals surface area contributed by atoms with Gasteiger partial charge >= 0.3 is 5.97 Å². The summed E-state index contributed by atoms with van der Waals surface area (Å²) in [5, 5.41) is 13.3. The number of esters is 1. The van der Waals surface area contributed by atoms with E-state index in [1.807, 2.05) is 0 Å². The van der Waals surface area contributed by atoms with E-state index < -0.39 is 5.97 Å². The van der Waals surface area contributed by atoms with Crippen LogP contribution in [-0.4, -0.2) is 13.1 Å². The van der Waals surface area contributed by atoms with E-state index in [9.17, 15) is 14.4 Å². The number of benzene rings is 2. The Morgan fingerprint density at radius 1 is 1.09 bits per heavy atom. The van der Waals surface area contributed by atoms with Crippen molar-refractivity contribution in [3.63, 3.8) is 0 Å². The number of nitrogens with zero attached hydrogens (tertiary/aromatic N) is 1. The Balaban J connectivity index is 2.19. The fourth-order valence-corrected chi connectivity index (χ4v) is 2.31. The molecule has 0 bridgehead atoms. The van der Waals surface area contributed by atoms with Crippen LogP contribution in [0.1, 0.15) is 10.4 Å². The molecule has 0 atom stereocenters. The minimum absolute atomic E-state index is 0.302. The first-order valence-electron chi connectivity index (χ1n) is 6.61. The van der Waals surface area contributed by atoms with E-state index in [1.165, 1.54) is 37.4 Å². The molecule has 0 saturated heterocycles. The van der Waals surface area contributed by atoms with Crippen LogP contribution in [0.5, 0.6) is 0 Å². The monoisotopic (exact) mass is 297 g/mol. The summed E-state index contributed by atoms with van der Waals surface area (Å²) in [6, 6.07) is 13.9. The van der Waals surface area contributed by atoms with E-state index in [0.29, 0.717) is 27.7 Å². The first-order chi connectivity index (χ1) is 10.6. The van der Waals surface area contributed by atoms with Gasteiger partial charge in [-0.05, 0) is 42.5 Å². The van der Waals surface area contributed by atoms with Crippen LogP contribution in [-0.2, 0) is 4.74 Å². The van der Waals surface area contributed by atoms with Crippen molar-refractivity contribution in [3.8, 4) is 11.3 Å². The quantitative estimate of drug-likeness (QED) is 0.415. The van der Waals surface area contributed by atoms with Gasteiger partial charge in [-0.25, -0.2) is 9.18 Å². The number of halogens is 1. The number of rotatable bonds is 2. The number of fused-ring (bicyclic) bond motifs is 1. The van der Waals surface area contributed by atoms with Crippen LogP contribution < -0.4 is 4.73 Å². The highest BCUT2D eigenvalue weighted by atomic mass is 19.1. The summed E-state index contributed by atoms with van der Waals surface area (Å²) in [7, 11) is 1.28. The predicted molar refractivity (Wildman–Crippen MR) is 79.6 cm³/mol. The smallest absolute Gasteiger partial charge is 0.338 e. The molecule has 2 aromatic carbocycles. The second kappa shape index (κ2) is 5.44. The Kier molecular flexibility index (Phi) is 3.47. The maximum Gasteiger partial charge on any atom is 0.338 e. The summed E-state index contributed by atoms with van der Waals surface area (Å²) in [6.07, 6.45) is 0. The molecule has 0 aliphatic carbocycles. The molecule has 0 saturated carbocycles. The molecular weight excluding hydrogens is 285 g/mol. The van der Waals surface area contributed by atoms with E-state index in [0.717, 1.165) is 4.73 Å². The number of ether oxygens (including phenoxy) is 1. The molecule has 22 heavy (non-hydrogen) atoms. The molecule has 3 aromatic rings. The Morgan fingerprint density at radius 3 is 2.45 bits per heavy atom. The summed E-state index contributed by atoms with van der Waals surface area (Å²) in [5.41, 5.74) is 1.64. The van der Waals surface area contributed by atoms with Crippen molar-refractivity contribution in [2.75, 3.05) is 7.11 Å². The number of aromatic nitrogens is 1. The number of hydrogen-bond acceptors (Lipinski definition) is 3. The second-order valence-corrected chi connectivity index (χ2v) is 4.79. The van der Waals surface area contributed by atoms with Crippen LogP contribution in [0.4, 0.5) is 4.39 Å². The normalized spacial score (nSPS) is 10.6. The highest BCUT2D eigenvalue weighted by molar-refractivity contribution is 5.93. The molecule has 110 valence electrons. The molecule has 0 radical (unpaired) electrons. The fourth-order valence-electron chi connectivity index (χ4n) is 2.31. The Labute approximate surface area is 126 Å². The maximum atomic E-state index is 13.0. The summed E-state index contributed by atoms with van der Waals surface area (Å²) in [5.74, 6) is -0.871. The molecule has 0 aliphatic heterocycles.